The molecule has 0 saturated heterocycles. The van der Waals surface area contributed by atoms with Gasteiger partial charge in [-0.25, -0.2) is 0 Å². The topological polar surface area (TPSA) is 26.0 Å². The Balaban J connectivity index is 0.00000124. The normalized spacial score (nSPS) is 55.0. The van der Waals surface area contributed by atoms with Gasteiger partial charge in [0.25, 0.3) is 0 Å². The second-order valence-corrected chi connectivity index (χ2v) is 13.1. The third-order valence-electron chi connectivity index (χ3n) is 12.5. The lowest BCUT2D eigenvalue weighted by Crippen LogP contribution is -2.71. The maximum absolute atomic E-state index is 7.27. The summed E-state index contributed by atoms with van der Waals surface area (Å²) in [5.74, 6) is 2.61. The van der Waals surface area contributed by atoms with Gasteiger partial charge < -0.3 is 5.73 Å². The molecule has 4 rings (SSSR count). The molecule has 4 saturated carbocycles. The number of alkyl halides is 1. The largest absolute Gasteiger partial charge is 0.327 e. The van der Waals surface area contributed by atoms with E-state index < -0.39 is 0 Å². The highest BCUT2D eigenvalue weighted by atomic mass is 35.5. The van der Waals surface area contributed by atoms with E-state index in [1.54, 1.807) is 0 Å². The first-order valence-corrected chi connectivity index (χ1v) is 13.9. The van der Waals surface area contributed by atoms with E-state index >= 15 is 0 Å². The van der Waals surface area contributed by atoms with Gasteiger partial charge in [-0.15, -0.1) is 11.6 Å². The molecule has 2 N–H and O–H groups in total. The SMILES string of the molecule is CCCCC1CC[C@]2(C)C1(C)CCC1C3(C)CC[C@@H](C)CC3(C)C[C@@H](N)C12C.CCl. The van der Waals surface area contributed by atoms with Crippen LogP contribution in [-0.4, -0.2) is 12.4 Å². The van der Waals surface area contributed by atoms with E-state index in [1.807, 2.05) is 0 Å². The summed E-state index contributed by atoms with van der Waals surface area (Å²) in [6, 6.07) is 0.371. The number of halogens is 1. The van der Waals surface area contributed by atoms with Crippen molar-refractivity contribution in [3.8, 4) is 0 Å². The molecule has 0 amide bonds. The van der Waals surface area contributed by atoms with Gasteiger partial charge in [-0.1, -0.05) is 67.7 Å². The van der Waals surface area contributed by atoms with Gasteiger partial charge in [-0.3, -0.25) is 0 Å². The van der Waals surface area contributed by atoms with Crippen LogP contribution in [0.25, 0.3) is 0 Å². The Hall–Kier alpha value is 0.250. The van der Waals surface area contributed by atoms with Crippen LogP contribution in [0.5, 0.6) is 0 Å². The molecule has 0 aliphatic heterocycles. The molecule has 1 nitrogen and oxygen atoms in total. The third kappa shape index (κ3) is 3.03. The first-order valence-electron chi connectivity index (χ1n) is 13.1. The standard InChI is InChI=1S/C27H49N.CH3Cl/c1-8-9-10-20-12-16-26(6)24(20,4)15-13-21-25(5)14-11-19(2)17-23(25,3)18-22(28)27(21,26)7;1-2/h19-22H,8-18,28H2,1-7H3;1H3/t19-,20?,21?,22-,23?,24?,25?,26-,27?;/m1./s1. The van der Waals surface area contributed by atoms with Gasteiger partial charge in [0.2, 0.25) is 0 Å². The quantitative estimate of drug-likeness (QED) is 0.440. The van der Waals surface area contributed by atoms with Crippen LogP contribution in [0.2, 0.25) is 0 Å². The average Bonchev–Trinajstić information content (AvgIpc) is 2.96. The van der Waals surface area contributed by atoms with E-state index in [2.05, 4.69) is 60.1 Å². The molecule has 0 radical (unpaired) electrons. The molecule has 176 valence electrons. The lowest BCUT2D eigenvalue weighted by atomic mass is 9.31. The molecule has 0 aromatic carbocycles. The van der Waals surface area contributed by atoms with Crippen molar-refractivity contribution in [2.45, 2.75) is 125 Å². The number of rotatable bonds is 3. The van der Waals surface area contributed by atoms with Crippen LogP contribution in [-0.2, 0) is 0 Å². The second-order valence-electron chi connectivity index (χ2n) is 13.1. The molecule has 4 fully saturated rings. The first kappa shape index (κ1) is 24.9. The minimum absolute atomic E-state index is 0.301. The van der Waals surface area contributed by atoms with Gasteiger partial charge in [0, 0.05) is 12.4 Å². The minimum atomic E-state index is 0.301. The summed E-state index contributed by atoms with van der Waals surface area (Å²) in [4.78, 5) is 0. The van der Waals surface area contributed by atoms with Crippen molar-refractivity contribution in [3.63, 3.8) is 0 Å². The van der Waals surface area contributed by atoms with E-state index in [4.69, 9.17) is 5.73 Å². The predicted octanol–water partition coefficient (Wildman–Crippen LogP) is 8.43. The number of unbranched alkanes of at least 4 members (excludes halogenated alkanes) is 1. The molecule has 9 atom stereocenters. The third-order valence-corrected chi connectivity index (χ3v) is 12.5. The molecule has 2 heteroatoms. The number of nitrogens with two attached hydrogens (primary N) is 1. The smallest absolute Gasteiger partial charge is 0.0108 e. The average molecular weight is 438 g/mol. The minimum Gasteiger partial charge on any atom is -0.327 e. The lowest BCUT2D eigenvalue weighted by Gasteiger charge is -2.74. The highest BCUT2D eigenvalue weighted by Crippen LogP contribution is 2.79. The molecule has 4 aliphatic rings. The van der Waals surface area contributed by atoms with Crippen LogP contribution >= 0.6 is 11.6 Å². The van der Waals surface area contributed by atoms with Gasteiger partial charge >= 0.3 is 0 Å². The zero-order valence-corrected chi connectivity index (χ0v) is 22.3. The van der Waals surface area contributed by atoms with Crippen molar-refractivity contribution in [2.75, 3.05) is 6.38 Å². The Bertz CT molecular complexity index is 620. The summed E-state index contributed by atoms with van der Waals surface area (Å²) in [6.07, 6.45) is 17.0. The van der Waals surface area contributed by atoms with Crippen molar-refractivity contribution < 1.29 is 0 Å². The van der Waals surface area contributed by atoms with E-state index in [9.17, 15) is 0 Å². The fourth-order valence-corrected chi connectivity index (χ4v) is 10.1. The van der Waals surface area contributed by atoms with Crippen LogP contribution < -0.4 is 5.73 Å². The summed E-state index contributed by atoms with van der Waals surface area (Å²) < 4.78 is 0. The van der Waals surface area contributed by atoms with Gasteiger partial charge in [-0.2, -0.15) is 0 Å². The van der Waals surface area contributed by atoms with Gasteiger partial charge in [0.15, 0.2) is 0 Å². The van der Waals surface area contributed by atoms with Crippen molar-refractivity contribution >= 4 is 11.6 Å². The lowest BCUT2D eigenvalue weighted by molar-refractivity contribution is -0.244. The number of fused-ring (bicyclic) bond motifs is 5. The van der Waals surface area contributed by atoms with Crippen LogP contribution in [0, 0.1) is 44.8 Å². The second kappa shape index (κ2) is 8.23. The Morgan fingerprint density at radius 1 is 0.867 bits per heavy atom. The van der Waals surface area contributed by atoms with Gasteiger partial charge in [0.1, 0.15) is 0 Å². The number of hydrogen-bond donors (Lipinski definition) is 1. The predicted molar refractivity (Wildman–Crippen MR) is 133 cm³/mol. The Morgan fingerprint density at radius 2 is 1.50 bits per heavy atom. The number of hydrogen-bond acceptors (Lipinski definition) is 1. The zero-order chi connectivity index (χ0) is 22.6. The van der Waals surface area contributed by atoms with Gasteiger partial charge in [-0.05, 0) is 96.2 Å². The molecule has 6 unspecified atom stereocenters. The summed E-state index contributed by atoms with van der Waals surface area (Å²) in [5, 5.41) is 0. The van der Waals surface area contributed by atoms with Crippen molar-refractivity contribution in [3.05, 3.63) is 0 Å². The monoisotopic (exact) mass is 437 g/mol. The maximum Gasteiger partial charge on any atom is 0.0108 e. The molecule has 0 heterocycles. The molecule has 0 aromatic heterocycles. The molecule has 0 spiro atoms. The van der Waals surface area contributed by atoms with Crippen molar-refractivity contribution in [1.29, 1.82) is 0 Å². The summed E-state index contributed by atoms with van der Waals surface area (Å²) in [5.41, 5.74) is 9.40. The van der Waals surface area contributed by atoms with Gasteiger partial charge in [0.05, 0.1) is 0 Å². The molecular weight excluding hydrogens is 386 g/mol. The van der Waals surface area contributed by atoms with E-state index in [0.717, 1.165) is 17.8 Å². The highest BCUT2D eigenvalue weighted by molar-refractivity contribution is 6.15. The van der Waals surface area contributed by atoms with Crippen LogP contribution in [0.15, 0.2) is 0 Å². The van der Waals surface area contributed by atoms with E-state index in [-0.39, 0.29) is 0 Å². The Morgan fingerprint density at radius 3 is 2.13 bits per heavy atom. The fraction of sp³-hybridized carbons (Fsp3) is 1.00. The van der Waals surface area contributed by atoms with E-state index in [1.165, 1.54) is 77.0 Å². The molecular formula is C28H52ClN. The first-order chi connectivity index (χ1) is 14.0. The molecule has 0 bridgehead atoms. The Labute approximate surface area is 193 Å². The highest BCUT2D eigenvalue weighted by Gasteiger charge is 2.73. The molecule has 4 aliphatic carbocycles. The molecule has 0 aromatic rings. The maximum atomic E-state index is 7.27. The summed E-state index contributed by atoms with van der Waals surface area (Å²) in [6.45, 7) is 18.2. The summed E-state index contributed by atoms with van der Waals surface area (Å²) in [7, 11) is 0. The van der Waals surface area contributed by atoms with E-state index in [0.29, 0.717) is 33.1 Å². The Kier molecular flexibility index (Phi) is 6.83. The summed E-state index contributed by atoms with van der Waals surface area (Å²) >= 11 is 4.64. The van der Waals surface area contributed by atoms with Crippen molar-refractivity contribution in [1.82, 2.24) is 0 Å². The van der Waals surface area contributed by atoms with Crippen LogP contribution in [0.3, 0.4) is 0 Å². The molecule has 30 heavy (non-hydrogen) atoms. The fourth-order valence-electron chi connectivity index (χ4n) is 10.1. The van der Waals surface area contributed by atoms with Crippen LogP contribution in [0.4, 0.5) is 0 Å². The van der Waals surface area contributed by atoms with Crippen molar-refractivity contribution in [2.24, 2.45) is 50.6 Å². The van der Waals surface area contributed by atoms with Crippen LogP contribution in [0.1, 0.15) is 119 Å². The zero-order valence-electron chi connectivity index (χ0n) is 21.5.